The summed E-state index contributed by atoms with van der Waals surface area (Å²) in [5, 5.41) is 6.21. The van der Waals surface area contributed by atoms with E-state index in [1.54, 1.807) is 6.92 Å². The molecule has 0 atom stereocenters. The number of H-pyrrole nitrogens is 1. The molecule has 2 aromatic heterocycles. The zero-order valence-electron chi connectivity index (χ0n) is 16.3. The van der Waals surface area contributed by atoms with Gasteiger partial charge in [0.1, 0.15) is 10.7 Å². The lowest BCUT2D eigenvalue weighted by Gasteiger charge is -2.03. The van der Waals surface area contributed by atoms with Crippen LogP contribution in [0.1, 0.15) is 46.9 Å². The van der Waals surface area contributed by atoms with Crippen molar-refractivity contribution in [1.29, 1.82) is 0 Å². The molecular formula is C20H23FN4O2S. The Morgan fingerprint density at radius 3 is 2.61 bits per heavy atom. The Labute approximate surface area is 166 Å². The molecule has 0 saturated heterocycles. The van der Waals surface area contributed by atoms with Gasteiger partial charge in [-0.15, -0.1) is 0 Å². The van der Waals surface area contributed by atoms with Crippen LogP contribution < -0.4 is 10.9 Å². The van der Waals surface area contributed by atoms with Crippen molar-refractivity contribution in [2.45, 2.75) is 40.5 Å². The van der Waals surface area contributed by atoms with E-state index in [0.717, 1.165) is 29.0 Å². The van der Waals surface area contributed by atoms with Crippen molar-refractivity contribution in [2.75, 3.05) is 5.32 Å². The number of hydrogen-bond donors (Lipinski definition) is 2. The van der Waals surface area contributed by atoms with E-state index in [2.05, 4.69) is 29.2 Å². The van der Waals surface area contributed by atoms with Crippen LogP contribution >= 0.6 is 11.3 Å². The third-order valence-corrected chi connectivity index (χ3v) is 5.59. The monoisotopic (exact) mass is 402 g/mol. The smallest absolute Gasteiger partial charge is 0.276 e. The summed E-state index contributed by atoms with van der Waals surface area (Å²) in [5.41, 5.74) is 2.46. The van der Waals surface area contributed by atoms with Crippen LogP contribution in [-0.4, -0.2) is 20.7 Å². The third kappa shape index (κ3) is 4.22. The van der Waals surface area contributed by atoms with Gasteiger partial charge in [0.05, 0.1) is 5.69 Å². The Hall–Kier alpha value is -2.74. The minimum absolute atomic E-state index is 0.127. The van der Waals surface area contributed by atoms with Crippen LogP contribution in [0.25, 0.3) is 5.13 Å². The van der Waals surface area contributed by atoms with Gasteiger partial charge in [0.2, 0.25) is 5.13 Å². The van der Waals surface area contributed by atoms with E-state index in [1.165, 1.54) is 28.9 Å². The van der Waals surface area contributed by atoms with Crippen molar-refractivity contribution in [2.24, 2.45) is 5.92 Å². The quantitative estimate of drug-likeness (QED) is 0.648. The molecule has 3 rings (SSSR count). The van der Waals surface area contributed by atoms with Gasteiger partial charge < -0.3 is 5.32 Å². The summed E-state index contributed by atoms with van der Waals surface area (Å²) in [7, 11) is 0. The third-order valence-electron chi connectivity index (χ3n) is 4.45. The lowest BCUT2D eigenvalue weighted by atomic mass is 10.0. The molecule has 1 amide bonds. The molecule has 0 fully saturated rings. The SMILES string of the molecule is Cc1nc(-n2[nH]c(C)c(CCC(C)C)c2=O)sc1C(=O)Nc1ccc(F)cc1. The van der Waals surface area contributed by atoms with E-state index in [4.69, 9.17) is 0 Å². The van der Waals surface area contributed by atoms with Crippen LogP contribution in [0.15, 0.2) is 29.1 Å². The number of nitrogens with one attached hydrogen (secondary N) is 2. The molecule has 3 aromatic rings. The second kappa shape index (κ2) is 8.10. The van der Waals surface area contributed by atoms with Crippen molar-refractivity contribution < 1.29 is 9.18 Å². The largest absolute Gasteiger partial charge is 0.321 e. The number of nitrogens with zero attached hydrogens (tertiary/aromatic N) is 2. The number of aryl methyl sites for hydroxylation is 2. The van der Waals surface area contributed by atoms with E-state index >= 15 is 0 Å². The summed E-state index contributed by atoms with van der Waals surface area (Å²) >= 11 is 1.14. The maximum Gasteiger partial charge on any atom is 0.276 e. The summed E-state index contributed by atoms with van der Waals surface area (Å²) in [6.07, 6.45) is 1.63. The average Bonchev–Trinajstić information content (AvgIpc) is 3.15. The Morgan fingerprint density at radius 2 is 1.96 bits per heavy atom. The van der Waals surface area contributed by atoms with E-state index in [0.29, 0.717) is 33.7 Å². The normalized spacial score (nSPS) is 11.2. The van der Waals surface area contributed by atoms with Crippen LogP contribution in [0, 0.1) is 25.6 Å². The highest BCUT2D eigenvalue weighted by Crippen LogP contribution is 2.22. The molecule has 6 nitrogen and oxygen atoms in total. The zero-order chi connectivity index (χ0) is 20.4. The first-order valence-electron chi connectivity index (χ1n) is 9.11. The molecule has 0 radical (unpaired) electrons. The minimum Gasteiger partial charge on any atom is -0.321 e. The molecule has 28 heavy (non-hydrogen) atoms. The molecule has 0 aliphatic rings. The average molecular weight is 402 g/mol. The van der Waals surface area contributed by atoms with E-state index in [1.807, 2.05) is 6.92 Å². The summed E-state index contributed by atoms with van der Waals surface area (Å²) in [5.74, 6) is -0.209. The van der Waals surface area contributed by atoms with E-state index in [9.17, 15) is 14.0 Å². The second-order valence-corrected chi connectivity index (χ2v) is 8.14. The van der Waals surface area contributed by atoms with Crippen LogP contribution in [0.3, 0.4) is 0 Å². The Balaban J connectivity index is 1.86. The number of aromatic amines is 1. The Bertz CT molecular complexity index is 1050. The standard InChI is InChI=1S/C20H23FN4O2S/c1-11(2)5-10-16-12(3)24-25(19(16)27)20-22-13(4)17(28-20)18(26)23-15-8-6-14(21)7-9-15/h6-9,11,24H,5,10H2,1-4H3,(H,23,26). The van der Waals surface area contributed by atoms with Gasteiger partial charge in [0.15, 0.2) is 0 Å². The van der Waals surface area contributed by atoms with Gasteiger partial charge in [-0.2, -0.15) is 4.68 Å². The summed E-state index contributed by atoms with van der Waals surface area (Å²) in [6, 6.07) is 5.54. The molecule has 2 N–H and O–H groups in total. The van der Waals surface area contributed by atoms with Gasteiger partial charge in [-0.1, -0.05) is 25.2 Å². The number of rotatable bonds is 6. The van der Waals surface area contributed by atoms with Crippen molar-refractivity contribution >= 4 is 22.9 Å². The van der Waals surface area contributed by atoms with Crippen LogP contribution in [0.5, 0.6) is 0 Å². The van der Waals surface area contributed by atoms with Gasteiger partial charge >= 0.3 is 0 Å². The predicted molar refractivity (Wildman–Crippen MR) is 109 cm³/mol. The Kier molecular flexibility index (Phi) is 5.79. The molecule has 2 heterocycles. The number of carbonyl (C=O) groups is 1. The number of hydrogen-bond acceptors (Lipinski definition) is 4. The van der Waals surface area contributed by atoms with Crippen molar-refractivity contribution in [3.63, 3.8) is 0 Å². The summed E-state index contributed by atoms with van der Waals surface area (Å²) in [4.78, 5) is 30.1. The fourth-order valence-electron chi connectivity index (χ4n) is 2.85. The fourth-order valence-corrected chi connectivity index (χ4v) is 3.78. The highest BCUT2D eigenvalue weighted by atomic mass is 32.1. The van der Waals surface area contributed by atoms with Gasteiger partial charge in [-0.05, 0) is 56.9 Å². The molecule has 0 saturated carbocycles. The molecule has 0 aliphatic heterocycles. The lowest BCUT2D eigenvalue weighted by molar-refractivity contribution is 0.103. The van der Waals surface area contributed by atoms with Gasteiger partial charge in [-0.3, -0.25) is 14.7 Å². The van der Waals surface area contributed by atoms with E-state index < -0.39 is 0 Å². The molecular weight excluding hydrogens is 379 g/mol. The van der Waals surface area contributed by atoms with Gasteiger partial charge in [0, 0.05) is 16.9 Å². The first-order valence-corrected chi connectivity index (χ1v) is 9.93. The van der Waals surface area contributed by atoms with Gasteiger partial charge in [-0.25, -0.2) is 9.37 Å². The lowest BCUT2D eigenvalue weighted by Crippen LogP contribution is -2.17. The van der Waals surface area contributed by atoms with Crippen LogP contribution in [-0.2, 0) is 6.42 Å². The number of thiazole rings is 1. The Morgan fingerprint density at radius 1 is 1.29 bits per heavy atom. The number of halogens is 1. The van der Waals surface area contributed by atoms with Gasteiger partial charge in [0.25, 0.3) is 11.5 Å². The zero-order valence-corrected chi connectivity index (χ0v) is 17.1. The molecule has 0 unspecified atom stereocenters. The highest BCUT2D eigenvalue weighted by molar-refractivity contribution is 7.16. The number of amides is 1. The molecule has 1 aromatic carbocycles. The van der Waals surface area contributed by atoms with Crippen LogP contribution in [0.4, 0.5) is 10.1 Å². The first-order chi connectivity index (χ1) is 13.3. The molecule has 0 aliphatic carbocycles. The summed E-state index contributed by atoms with van der Waals surface area (Å²) < 4.78 is 14.4. The maximum absolute atomic E-state index is 13.0. The minimum atomic E-state index is -0.371. The number of carbonyl (C=O) groups excluding carboxylic acids is 1. The number of anilines is 1. The fraction of sp³-hybridized carbons (Fsp3) is 0.350. The first kappa shape index (κ1) is 20.0. The van der Waals surface area contributed by atoms with Crippen molar-refractivity contribution in [3.8, 4) is 5.13 Å². The van der Waals surface area contributed by atoms with Crippen molar-refractivity contribution in [3.05, 3.63) is 62.3 Å². The van der Waals surface area contributed by atoms with E-state index in [-0.39, 0.29) is 17.3 Å². The molecule has 148 valence electrons. The maximum atomic E-state index is 13.0. The number of benzene rings is 1. The highest BCUT2D eigenvalue weighted by Gasteiger charge is 2.20. The topological polar surface area (TPSA) is 79.8 Å². The predicted octanol–water partition coefficient (Wildman–Crippen LogP) is 4.22. The molecule has 8 heteroatoms. The van der Waals surface area contributed by atoms with Crippen molar-refractivity contribution in [1.82, 2.24) is 14.8 Å². The second-order valence-electron chi connectivity index (χ2n) is 7.16. The summed E-state index contributed by atoms with van der Waals surface area (Å²) in [6.45, 7) is 7.84. The number of aromatic nitrogens is 3. The van der Waals surface area contributed by atoms with Crippen LogP contribution in [0.2, 0.25) is 0 Å². The molecule has 0 spiro atoms. The molecule has 0 bridgehead atoms.